The zero-order chi connectivity index (χ0) is 40.5. The molecular weight excluding hydrogens is 685 g/mol. The van der Waals surface area contributed by atoms with Crippen LogP contribution in [0, 0.1) is 11.8 Å². The Morgan fingerprint density at radius 2 is 0.600 bits per heavy atom. The molecule has 0 aromatic rings. The summed E-state index contributed by atoms with van der Waals surface area (Å²) in [6.07, 6.45) is 41.3. The molecule has 0 unspecified atom stereocenters. The largest absolute Gasteiger partial charge is 0.462 e. The lowest BCUT2D eigenvalue weighted by molar-refractivity contribution is -0.167. The maximum absolute atomic E-state index is 12.5. The quantitative estimate of drug-likeness (QED) is 0.0348. The molecule has 326 valence electrons. The van der Waals surface area contributed by atoms with E-state index in [-0.39, 0.29) is 31.1 Å². The highest BCUT2D eigenvalue weighted by molar-refractivity contribution is 5.71. The van der Waals surface area contributed by atoms with Gasteiger partial charge in [-0.05, 0) is 31.1 Å². The van der Waals surface area contributed by atoms with Crippen molar-refractivity contribution >= 4 is 17.9 Å². The Labute approximate surface area is 342 Å². The van der Waals surface area contributed by atoms with Gasteiger partial charge in [-0.2, -0.15) is 0 Å². The van der Waals surface area contributed by atoms with Crippen molar-refractivity contribution in [2.45, 2.75) is 272 Å². The summed E-state index contributed by atoms with van der Waals surface area (Å²) in [5.41, 5.74) is 0. The second kappa shape index (κ2) is 42.0. The predicted octanol–water partition coefficient (Wildman–Crippen LogP) is 15.4. The third-order valence-corrected chi connectivity index (χ3v) is 11.0. The first kappa shape index (κ1) is 53.4. The molecule has 6 nitrogen and oxygen atoms in total. The number of carbonyl (C=O) groups excluding carboxylic acids is 3. The van der Waals surface area contributed by atoms with E-state index in [1.807, 2.05) is 0 Å². The van der Waals surface area contributed by atoms with Gasteiger partial charge in [0.25, 0.3) is 0 Å². The van der Waals surface area contributed by atoms with Gasteiger partial charge in [0.2, 0.25) is 0 Å². The van der Waals surface area contributed by atoms with Gasteiger partial charge in [-0.3, -0.25) is 14.4 Å². The Morgan fingerprint density at radius 1 is 0.345 bits per heavy atom. The normalized spacial score (nSPS) is 12.1. The molecule has 55 heavy (non-hydrogen) atoms. The third kappa shape index (κ3) is 43.4. The average Bonchev–Trinajstić information content (AvgIpc) is 3.15. The first-order chi connectivity index (χ1) is 26.7. The van der Waals surface area contributed by atoms with Crippen molar-refractivity contribution in [1.82, 2.24) is 0 Å². The molecule has 0 radical (unpaired) electrons. The molecule has 0 aromatic heterocycles. The van der Waals surface area contributed by atoms with Crippen molar-refractivity contribution in [2.24, 2.45) is 11.8 Å². The van der Waals surface area contributed by atoms with Crippen LogP contribution in [0.25, 0.3) is 0 Å². The van der Waals surface area contributed by atoms with Crippen molar-refractivity contribution in [1.29, 1.82) is 0 Å². The number of carbonyl (C=O) groups is 3. The summed E-state index contributed by atoms with van der Waals surface area (Å²) < 4.78 is 16.6. The summed E-state index contributed by atoms with van der Waals surface area (Å²) >= 11 is 0. The van der Waals surface area contributed by atoms with Gasteiger partial charge >= 0.3 is 17.9 Å². The van der Waals surface area contributed by atoms with Crippen LogP contribution in [0.15, 0.2) is 0 Å². The van der Waals surface area contributed by atoms with Crippen LogP contribution in [0.3, 0.4) is 0 Å². The van der Waals surface area contributed by atoms with Crippen LogP contribution in [0.1, 0.15) is 266 Å². The number of hydrogen-bond acceptors (Lipinski definition) is 6. The van der Waals surface area contributed by atoms with Crippen molar-refractivity contribution in [3.63, 3.8) is 0 Å². The summed E-state index contributed by atoms with van der Waals surface area (Å²) in [4.78, 5) is 37.5. The summed E-state index contributed by atoms with van der Waals surface area (Å²) in [7, 11) is 0. The van der Waals surface area contributed by atoms with Crippen LogP contribution in [0.4, 0.5) is 0 Å². The number of hydrogen-bond donors (Lipinski definition) is 0. The Hall–Kier alpha value is -1.59. The maximum Gasteiger partial charge on any atom is 0.306 e. The zero-order valence-electron chi connectivity index (χ0n) is 37.6. The molecular formula is C49H94O6. The van der Waals surface area contributed by atoms with E-state index in [1.165, 1.54) is 148 Å². The topological polar surface area (TPSA) is 78.9 Å². The molecule has 0 bridgehead atoms. The average molecular weight is 779 g/mol. The molecule has 1 atom stereocenters. The van der Waals surface area contributed by atoms with Gasteiger partial charge in [-0.15, -0.1) is 0 Å². The molecule has 0 N–H and O–H groups in total. The number of rotatable bonds is 43. The van der Waals surface area contributed by atoms with Gasteiger partial charge < -0.3 is 14.2 Å². The van der Waals surface area contributed by atoms with E-state index in [0.717, 1.165) is 76.0 Å². The van der Waals surface area contributed by atoms with Crippen molar-refractivity contribution < 1.29 is 28.6 Å². The predicted molar refractivity (Wildman–Crippen MR) is 233 cm³/mol. The second-order valence-corrected chi connectivity index (χ2v) is 17.7. The maximum atomic E-state index is 12.5. The Morgan fingerprint density at radius 3 is 0.891 bits per heavy atom. The second-order valence-electron chi connectivity index (χ2n) is 17.7. The SMILES string of the molecule is CCCCCCCC(=O)O[C@H](COC(=O)CCCCCCCCCCCCCCCCCCC(C)C)COC(=O)CCCCCCCCCCCCC(C)C. The fourth-order valence-electron chi connectivity index (χ4n) is 7.28. The van der Waals surface area contributed by atoms with Gasteiger partial charge in [0.15, 0.2) is 6.10 Å². The van der Waals surface area contributed by atoms with Crippen LogP contribution in [0.2, 0.25) is 0 Å². The fraction of sp³-hybridized carbons (Fsp3) is 0.939. The van der Waals surface area contributed by atoms with E-state index in [0.29, 0.717) is 19.3 Å². The molecule has 0 spiro atoms. The highest BCUT2D eigenvalue weighted by Crippen LogP contribution is 2.17. The molecule has 6 heteroatoms. The molecule has 0 saturated heterocycles. The molecule has 0 saturated carbocycles. The minimum absolute atomic E-state index is 0.0656. The van der Waals surface area contributed by atoms with Gasteiger partial charge in [-0.25, -0.2) is 0 Å². The highest BCUT2D eigenvalue weighted by atomic mass is 16.6. The van der Waals surface area contributed by atoms with E-state index in [1.54, 1.807) is 0 Å². The Kier molecular flexibility index (Phi) is 40.8. The van der Waals surface area contributed by atoms with Crippen molar-refractivity contribution in [3.05, 3.63) is 0 Å². The Balaban J connectivity index is 4.07. The molecule has 0 aliphatic rings. The highest BCUT2D eigenvalue weighted by Gasteiger charge is 2.19. The number of ether oxygens (including phenoxy) is 3. The lowest BCUT2D eigenvalue weighted by Crippen LogP contribution is -2.30. The van der Waals surface area contributed by atoms with Crippen LogP contribution < -0.4 is 0 Å². The van der Waals surface area contributed by atoms with Gasteiger partial charge in [-0.1, -0.05) is 227 Å². The monoisotopic (exact) mass is 779 g/mol. The smallest absolute Gasteiger partial charge is 0.306 e. The number of esters is 3. The van der Waals surface area contributed by atoms with Crippen molar-refractivity contribution in [2.75, 3.05) is 13.2 Å². The third-order valence-electron chi connectivity index (χ3n) is 11.0. The Bertz CT molecular complexity index is 839. The van der Waals surface area contributed by atoms with Crippen LogP contribution in [-0.2, 0) is 28.6 Å². The van der Waals surface area contributed by atoms with Gasteiger partial charge in [0.1, 0.15) is 13.2 Å². The van der Waals surface area contributed by atoms with Crippen LogP contribution >= 0.6 is 0 Å². The van der Waals surface area contributed by atoms with E-state index >= 15 is 0 Å². The molecule has 0 rings (SSSR count). The van der Waals surface area contributed by atoms with Crippen molar-refractivity contribution in [3.8, 4) is 0 Å². The summed E-state index contributed by atoms with van der Waals surface area (Å²) in [5.74, 6) is 0.804. The molecule has 0 heterocycles. The minimum atomic E-state index is -0.758. The standard InChI is InChI=1S/C49H94O6/c1-6-7-8-27-36-41-49(52)55-46(43-54-48(51)40-35-31-26-22-18-17-20-24-29-33-38-45(4)5)42-53-47(50)39-34-30-25-21-16-14-12-10-9-11-13-15-19-23-28-32-37-44(2)3/h44-46H,6-43H2,1-5H3/t46-/m1/s1. The molecule has 0 fully saturated rings. The van der Waals surface area contributed by atoms with Gasteiger partial charge in [0, 0.05) is 19.3 Å². The molecule has 0 amide bonds. The van der Waals surface area contributed by atoms with Crippen LogP contribution in [0.5, 0.6) is 0 Å². The first-order valence-corrected chi connectivity index (χ1v) is 24.2. The first-order valence-electron chi connectivity index (χ1n) is 24.2. The van der Waals surface area contributed by atoms with E-state index < -0.39 is 6.10 Å². The van der Waals surface area contributed by atoms with Crippen LogP contribution in [-0.4, -0.2) is 37.2 Å². The lowest BCUT2D eigenvalue weighted by atomic mass is 10.0. The summed E-state index contributed by atoms with van der Waals surface area (Å²) in [6.45, 7) is 11.3. The van der Waals surface area contributed by atoms with Gasteiger partial charge in [0.05, 0.1) is 0 Å². The van der Waals surface area contributed by atoms with E-state index in [4.69, 9.17) is 14.2 Å². The molecule has 0 aliphatic heterocycles. The van der Waals surface area contributed by atoms with E-state index in [9.17, 15) is 14.4 Å². The fourth-order valence-corrected chi connectivity index (χ4v) is 7.28. The zero-order valence-corrected chi connectivity index (χ0v) is 37.6. The van der Waals surface area contributed by atoms with E-state index in [2.05, 4.69) is 34.6 Å². The molecule has 0 aliphatic carbocycles. The molecule has 0 aromatic carbocycles. The summed E-state index contributed by atoms with van der Waals surface area (Å²) in [5, 5.41) is 0. The lowest BCUT2D eigenvalue weighted by Gasteiger charge is -2.18. The number of unbranched alkanes of at least 4 members (excludes halogenated alkanes) is 28. The minimum Gasteiger partial charge on any atom is -0.462 e. The summed E-state index contributed by atoms with van der Waals surface area (Å²) in [6, 6.07) is 0.